The van der Waals surface area contributed by atoms with E-state index in [0.29, 0.717) is 0 Å². The van der Waals surface area contributed by atoms with Crippen molar-refractivity contribution in [3.8, 4) is 11.1 Å². The summed E-state index contributed by atoms with van der Waals surface area (Å²) in [5, 5.41) is 6.55. The molecule has 1 aliphatic heterocycles. The van der Waals surface area contributed by atoms with Crippen LogP contribution < -0.4 is 0 Å². The molecule has 1 unspecified atom stereocenters. The minimum Gasteiger partial charge on any atom is -0.304 e. The van der Waals surface area contributed by atoms with Gasteiger partial charge in [-0.25, -0.2) is 0 Å². The Hall–Kier alpha value is -2.18. The maximum atomic E-state index is 6.73. The van der Waals surface area contributed by atoms with Crippen LogP contribution in [0.5, 0.6) is 0 Å². The molecule has 3 heterocycles. The molecule has 5 nitrogen and oxygen atoms in total. The standard InChI is InChI=1S/C20H24BN5/c1-20(21,26-8-6-24(2)7-9-26)19-11-17-10-15(4-5-16(17)12-22-19)18-13-23-25(3)14-18/h4-5,10-14H,6-9H2,1-3H3. The molecule has 1 atom stereocenters. The van der Waals surface area contributed by atoms with Crippen LogP contribution in [0.1, 0.15) is 12.6 Å². The van der Waals surface area contributed by atoms with Crippen molar-refractivity contribution < 1.29 is 0 Å². The van der Waals surface area contributed by atoms with E-state index in [0.717, 1.165) is 53.8 Å². The van der Waals surface area contributed by atoms with Gasteiger partial charge in [-0.3, -0.25) is 14.6 Å². The lowest BCUT2D eigenvalue weighted by molar-refractivity contribution is 0.0948. The first-order valence-corrected chi connectivity index (χ1v) is 9.05. The molecule has 1 saturated heterocycles. The second-order valence-electron chi connectivity index (χ2n) is 7.47. The summed E-state index contributed by atoms with van der Waals surface area (Å²) in [6, 6.07) is 8.55. The molecule has 26 heavy (non-hydrogen) atoms. The molecule has 6 heteroatoms. The molecule has 3 aromatic rings. The smallest absolute Gasteiger partial charge is 0.104 e. The van der Waals surface area contributed by atoms with Gasteiger partial charge in [0.2, 0.25) is 0 Å². The third-order valence-corrected chi connectivity index (χ3v) is 5.44. The van der Waals surface area contributed by atoms with Gasteiger partial charge in [0.25, 0.3) is 0 Å². The van der Waals surface area contributed by atoms with E-state index in [-0.39, 0.29) is 0 Å². The van der Waals surface area contributed by atoms with Crippen LogP contribution in [0.2, 0.25) is 0 Å². The molecule has 0 amide bonds. The molecule has 0 N–H and O–H groups in total. The van der Waals surface area contributed by atoms with E-state index in [4.69, 9.17) is 7.85 Å². The van der Waals surface area contributed by atoms with Crippen LogP contribution in [0.15, 0.2) is 42.9 Å². The number of fused-ring (bicyclic) bond motifs is 1. The molecule has 2 radical (unpaired) electrons. The molecule has 0 aliphatic carbocycles. The van der Waals surface area contributed by atoms with E-state index in [1.165, 1.54) is 0 Å². The first-order valence-electron chi connectivity index (χ1n) is 9.05. The summed E-state index contributed by atoms with van der Waals surface area (Å²) in [7, 11) is 10.8. The fourth-order valence-electron chi connectivity index (χ4n) is 3.60. The average molecular weight is 345 g/mol. The van der Waals surface area contributed by atoms with Crippen LogP contribution in [0, 0.1) is 0 Å². The molecule has 4 rings (SSSR count). The van der Waals surface area contributed by atoms with E-state index in [1.54, 1.807) is 0 Å². The monoisotopic (exact) mass is 345 g/mol. The van der Waals surface area contributed by atoms with Crippen molar-refractivity contribution in [1.82, 2.24) is 24.6 Å². The van der Waals surface area contributed by atoms with Crippen LogP contribution >= 0.6 is 0 Å². The van der Waals surface area contributed by atoms with Crippen LogP contribution in [-0.4, -0.2) is 65.6 Å². The topological polar surface area (TPSA) is 37.2 Å². The van der Waals surface area contributed by atoms with Crippen molar-refractivity contribution in [3.63, 3.8) is 0 Å². The first-order chi connectivity index (χ1) is 12.4. The quantitative estimate of drug-likeness (QED) is 0.683. The van der Waals surface area contributed by atoms with E-state index in [2.05, 4.69) is 58.1 Å². The van der Waals surface area contributed by atoms with Crippen LogP contribution in [0.25, 0.3) is 21.9 Å². The highest BCUT2D eigenvalue weighted by Crippen LogP contribution is 2.29. The van der Waals surface area contributed by atoms with E-state index >= 15 is 0 Å². The Morgan fingerprint density at radius 2 is 1.73 bits per heavy atom. The van der Waals surface area contributed by atoms with Gasteiger partial charge in [-0.1, -0.05) is 12.1 Å². The van der Waals surface area contributed by atoms with Crippen LogP contribution in [0.4, 0.5) is 0 Å². The maximum Gasteiger partial charge on any atom is 0.104 e. The van der Waals surface area contributed by atoms with Gasteiger partial charge >= 0.3 is 0 Å². The molecular formula is C20H24BN5. The number of aryl methyl sites for hydroxylation is 1. The molecule has 132 valence electrons. The molecule has 1 aliphatic rings. The third-order valence-electron chi connectivity index (χ3n) is 5.44. The summed E-state index contributed by atoms with van der Waals surface area (Å²) in [5.74, 6) is 0. The predicted octanol–water partition coefficient (Wildman–Crippen LogP) is 2.22. The van der Waals surface area contributed by atoms with Gasteiger partial charge in [0.1, 0.15) is 7.85 Å². The zero-order chi connectivity index (χ0) is 18.3. The van der Waals surface area contributed by atoms with Gasteiger partial charge in [-0.15, -0.1) is 0 Å². The number of rotatable bonds is 3. The Morgan fingerprint density at radius 1 is 0.962 bits per heavy atom. The van der Waals surface area contributed by atoms with Gasteiger partial charge in [0.15, 0.2) is 0 Å². The SMILES string of the molecule is [B]C(C)(c1cc2cc(-c3cnn(C)c3)ccc2cn1)N1CCN(C)CC1. The fraction of sp³-hybridized carbons (Fsp3) is 0.400. The van der Waals surface area contributed by atoms with Gasteiger partial charge in [0, 0.05) is 62.0 Å². The molecular weight excluding hydrogens is 321 g/mol. The van der Waals surface area contributed by atoms with Crippen molar-refractivity contribution >= 4 is 18.6 Å². The zero-order valence-corrected chi connectivity index (χ0v) is 15.7. The summed E-state index contributed by atoms with van der Waals surface area (Å²) in [4.78, 5) is 9.34. The summed E-state index contributed by atoms with van der Waals surface area (Å²) in [6.07, 6.45) is 5.85. The maximum absolute atomic E-state index is 6.73. The number of piperazine rings is 1. The molecule has 0 bridgehead atoms. The van der Waals surface area contributed by atoms with Gasteiger partial charge in [0.05, 0.1) is 11.9 Å². The van der Waals surface area contributed by atoms with Crippen LogP contribution in [0.3, 0.4) is 0 Å². The highest BCUT2D eigenvalue weighted by atomic mass is 15.3. The van der Waals surface area contributed by atoms with Crippen LogP contribution in [-0.2, 0) is 12.5 Å². The number of hydrogen-bond donors (Lipinski definition) is 0. The first kappa shape index (κ1) is 17.2. The van der Waals surface area contributed by atoms with Gasteiger partial charge in [-0.05, 0) is 37.1 Å². The fourth-order valence-corrected chi connectivity index (χ4v) is 3.60. The Kier molecular flexibility index (Phi) is 4.33. The second kappa shape index (κ2) is 6.52. The number of nitrogens with zero attached hydrogens (tertiary/aromatic N) is 5. The summed E-state index contributed by atoms with van der Waals surface area (Å²) >= 11 is 0. The second-order valence-corrected chi connectivity index (χ2v) is 7.47. The zero-order valence-electron chi connectivity index (χ0n) is 15.7. The number of pyridine rings is 1. The van der Waals surface area contributed by atoms with Gasteiger partial charge in [-0.2, -0.15) is 5.10 Å². The largest absolute Gasteiger partial charge is 0.304 e. The average Bonchev–Trinajstić information content (AvgIpc) is 3.07. The van der Waals surface area contributed by atoms with E-state index < -0.39 is 5.44 Å². The summed E-state index contributed by atoms with van der Waals surface area (Å²) < 4.78 is 1.82. The minimum atomic E-state index is -0.570. The number of aromatic nitrogens is 3. The van der Waals surface area contributed by atoms with Crippen molar-refractivity contribution in [1.29, 1.82) is 0 Å². The lowest BCUT2D eigenvalue weighted by atomic mass is 9.74. The van der Waals surface area contributed by atoms with E-state index in [9.17, 15) is 0 Å². The van der Waals surface area contributed by atoms with Gasteiger partial charge < -0.3 is 4.90 Å². The summed E-state index contributed by atoms with van der Waals surface area (Å²) in [5.41, 5.74) is 2.61. The molecule has 2 aromatic heterocycles. The van der Waals surface area contributed by atoms with Crippen molar-refractivity contribution in [3.05, 3.63) is 48.5 Å². The minimum absolute atomic E-state index is 0.570. The number of likely N-dealkylation sites (N-methyl/N-ethyl adjacent to an activating group) is 1. The van der Waals surface area contributed by atoms with Crippen molar-refractivity contribution in [2.75, 3.05) is 33.2 Å². The lowest BCUT2D eigenvalue weighted by Gasteiger charge is -2.43. The third kappa shape index (κ3) is 3.15. The Balaban J connectivity index is 1.69. The van der Waals surface area contributed by atoms with Crippen molar-refractivity contribution in [2.24, 2.45) is 7.05 Å². The Labute approximate surface area is 156 Å². The predicted molar refractivity (Wildman–Crippen MR) is 106 cm³/mol. The normalized spacial score (nSPS) is 18.9. The lowest BCUT2D eigenvalue weighted by Crippen LogP contribution is -2.54. The molecule has 0 saturated carbocycles. The number of benzene rings is 1. The highest BCUT2D eigenvalue weighted by molar-refractivity contribution is 6.15. The highest BCUT2D eigenvalue weighted by Gasteiger charge is 2.31. The van der Waals surface area contributed by atoms with E-state index in [1.807, 2.05) is 30.3 Å². The molecule has 1 aromatic carbocycles. The summed E-state index contributed by atoms with van der Waals surface area (Å²) in [6.45, 7) is 6.05. The molecule has 0 spiro atoms. The Bertz CT molecular complexity index is 925. The number of hydrogen-bond acceptors (Lipinski definition) is 4. The van der Waals surface area contributed by atoms with Crippen molar-refractivity contribution in [2.45, 2.75) is 12.4 Å². The molecule has 1 fully saturated rings. The Morgan fingerprint density at radius 3 is 2.42 bits per heavy atom.